The molecule has 0 radical (unpaired) electrons. The fourth-order valence-electron chi connectivity index (χ4n) is 4.46. The molecule has 1 amide bonds. The van der Waals surface area contributed by atoms with Gasteiger partial charge < -0.3 is 19.7 Å². The molecule has 4 aromatic rings. The van der Waals surface area contributed by atoms with Crippen LogP contribution in [0, 0.1) is 0 Å². The zero-order valence-corrected chi connectivity index (χ0v) is 22.8. The van der Waals surface area contributed by atoms with E-state index in [2.05, 4.69) is 15.5 Å². The Morgan fingerprint density at radius 3 is 2.42 bits per heavy atom. The zero-order chi connectivity index (χ0) is 27.2. The first-order chi connectivity index (χ1) is 17.9. The van der Waals surface area contributed by atoms with Crippen LogP contribution in [0.4, 0.5) is 0 Å². The van der Waals surface area contributed by atoms with Gasteiger partial charge in [0.25, 0.3) is 5.91 Å². The molecule has 2 aromatic heterocycles. The van der Waals surface area contributed by atoms with Gasteiger partial charge in [0, 0.05) is 38.7 Å². The van der Waals surface area contributed by atoms with E-state index in [1.165, 1.54) is 20.2 Å². The topological polar surface area (TPSA) is 110 Å². The van der Waals surface area contributed by atoms with Gasteiger partial charge in [-0.25, -0.2) is 4.98 Å². The largest absolute Gasteiger partial charge is 0.471 e. The molecule has 1 unspecified atom stereocenters. The van der Waals surface area contributed by atoms with Crippen molar-refractivity contribution in [1.82, 2.24) is 20.4 Å². The lowest BCUT2D eigenvalue weighted by atomic mass is 9.87. The van der Waals surface area contributed by atoms with E-state index >= 15 is 0 Å². The van der Waals surface area contributed by atoms with Crippen LogP contribution < -0.4 is 10.1 Å². The third-order valence-corrected chi connectivity index (χ3v) is 6.80. The molecular weight excluding hydrogens is 527 g/mol. The van der Waals surface area contributed by atoms with E-state index in [1.807, 2.05) is 38.1 Å². The molecule has 0 saturated heterocycles. The summed E-state index contributed by atoms with van der Waals surface area (Å²) < 4.78 is 11.3. The Bertz CT molecular complexity index is 1500. The lowest BCUT2D eigenvalue weighted by molar-refractivity contribution is -0.137. The molecule has 38 heavy (non-hydrogen) atoms. The van der Waals surface area contributed by atoms with E-state index in [4.69, 9.17) is 37.4 Å². The maximum atomic E-state index is 12.8. The third kappa shape index (κ3) is 5.25. The molecule has 2 N–H and O–H groups in total. The molecule has 0 spiro atoms. The van der Waals surface area contributed by atoms with Crippen molar-refractivity contribution >= 4 is 29.1 Å². The molecule has 3 heterocycles. The standard InChI is InChI=1S/C28H26Cl2N4O4/c1-27(2)13-22(32-26(35)28(3,4)36)21-12-19(15-5-7-16(29)8-6-15)23(33-25(21)38-27)18-10-9-17(30)11-20(18)24-31-14-37-34-24/h5-12,14,22,36H,13H2,1-4H3,(H,32,35). The first-order valence-electron chi connectivity index (χ1n) is 12.0. The van der Waals surface area contributed by atoms with E-state index in [1.54, 1.807) is 24.3 Å². The Balaban J connectivity index is 1.75. The van der Waals surface area contributed by atoms with Gasteiger partial charge in [-0.3, -0.25) is 4.79 Å². The number of carbonyl (C=O) groups is 1. The number of ether oxygens (including phenoxy) is 1. The highest BCUT2D eigenvalue weighted by atomic mass is 35.5. The average Bonchev–Trinajstić information content (AvgIpc) is 3.38. The van der Waals surface area contributed by atoms with Crippen LogP contribution in [0.3, 0.4) is 0 Å². The summed E-state index contributed by atoms with van der Waals surface area (Å²) >= 11 is 12.5. The number of aromatic nitrogens is 3. The summed E-state index contributed by atoms with van der Waals surface area (Å²) in [4.78, 5) is 22.0. The summed E-state index contributed by atoms with van der Waals surface area (Å²) in [5.41, 5.74) is 2.11. The predicted octanol–water partition coefficient (Wildman–Crippen LogP) is 6.26. The minimum absolute atomic E-state index is 0.362. The SMILES string of the molecule is CC1(C)CC(NC(=O)C(C)(C)O)c2cc(-c3ccc(Cl)cc3)c(-c3ccc(Cl)cc3-c3ncon3)nc2O1. The van der Waals surface area contributed by atoms with E-state index in [-0.39, 0.29) is 0 Å². The van der Waals surface area contributed by atoms with Crippen LogP contribution in [0.15, 0.2) is 59.4 Å². The molecule has 0 fully saturated rings. The van der Waals surface area contributed by atoms with Gasteiger partial charge in [0.1, 0.15) is 11.2 Å². The van der Waals surface area contributed by atoms with Gasteiger partial charge in [0.2, 0.25) is 18.1 Å². The van der Waals surface area contributed by atoms with E-state index < -0.39 is 23.2 Å². The maximum absolute atomic E-state index is 12.8. The number of rotatable bonds is 5. The summed E-state index contributed by atoms with van der Waals surface area (Å²) in [5.74, 6) is 0.255. The maximum Gasteiger partial charge on any atom is 0.251 e. The minimum atomic E-state index is -1.54. The number of hydrogen-bond donors (Lipinski definition) is 2. The quantitative estimate of drug-likeness (QED) is 0.300. The van der Waals surface area contributed by atoms with Crippen LogP contribution in [-0.4, -0.2) is 37.3 Å². The number of halogens is 2. The molecule has 1 aliphatic heterocycles. The van der Waals surface area contributed by atoms with Crippen LogP contribution >= 0.6 is 23.2 Å². The molecule has 0 aliphatic carbocycles. The van der Waals surface area contributed by atoms with Crippen LogP contribution in [0.5, 0.6) is 5.88 Å². The molecule has 10 heteroatoms. The Morgan fingerprint density at radius 2 is 1.76 bits per heavy atom. The Labute approximate surface area is 230 Å². The van der Waals surface area contributed by atoms with Crippen molar-refractivity contribution in [1.29, 1.82) is 0 Å². The summed E-state index contributed by atoms with van der Waals surface area (Å²) in [6, 6.07) is 14.3. The summed E-state index contributed by atoms with van der Waals surface area (Å²) in [5, 5.41) is 18.4. The number of benzene rings is 2. The van der Waals surface area contributed by atoms with Gasteiger partial charge in [-0.05, 0) is 63.6 Å². The van der Waals surface area contributed by atoms with Gasteiger partial charge in [-0.15, -0.1) is 0 Å². The van der Waals surface area contributed by atoms with E-state index in [9.17, 15) is 9.90 Å². The molecule has 1 aliphatic rings. The van der Waals surface area contributed by atoms with Crippen LogP contribution in [0.25, 0.3) is 33.8 Å². The number of nitrogens with one attached hydrogen (secondary N) is 1. The van der Waals surface area contributed by atoms with Crippen LogP contribution in [0.2, 0.25) is 10.0 Å². The second-order valence-corrected chi connectivity index (χ2v) is 11.3. The number of hydrogen-bond acceptors (Lipinski definition) is 7. The number of aliphatic hydroxyl groups is 1. The Kier molecular flexibility index (Phi) is 6.67. The highest BCUT2D eigenvalue weighted by molar-refractivity contribution is 6.31. The normalized spacial score (nSPS) is 16.4. The van der Waals surface area contributed by atoms with E-state index in [0.29, 0.717) is 50.6 Å². The number of amides is 1. The van der Waals surface area contributed by atoms with Crippen LogP contribution in [0.1, 0.15) is 45.7 Å². The van der Waals surface area contributed by atoms with Gasteiger partial charge in [0.05, 0.1) is 11.7 Å². The number of nitrogens with zero attached hydrogens (tertiary/aromatic N) is 3. The van der Waals surface area contributed by atoms with Crippen molar-refractivity contribution in [2.75, 3.05) is 0 Å². The molecule has 0 saturated carbocycles. The van der Waals surface area contributed by atoms with E-state index in [0.717, 1.165) is 11.1 Å². The third-order valence-electron chi connectivity index (χ3n) is 6.31. The summed E-state index contributed by atoms with van der Waals surface area (Å²) in [6.07, 6.45) is 1.74. The van der Waals surface area contributed by atoms with Crippen molar-refractivity contribution in [3.05, 3.63) is 70.5 Å². The number of carbonyl (C=O) groups excluding carboxylic acids is 1. The van der Waals surface area contributed by atoms with Gasteiger partial charge in [-0.1, -0.05) is 46.6 Å². The van der Waals surface area contributed by atoms with Gasteiger partial charge >= 0.3 is 0 Å². The fraction of sp³-hybridized carbons (Fsp3) is 0.286. The minimum Gasteiger partial charge on any atom is -0.471 e. The molecule has 0 bridgehead atoms. The van der Waals surface area contributed by atoms with Gasteiger partial charge in [-0.2, -0.15) is 4.98 Å². The zero-order valence-electron chi connectivity index (χ0n) is 21.3. The smallest absolute Gasteiger partial charge is 0.251 e. The van der Waals surface area contributed by atoms with Gasteiger partial charge in [0.15, 0.2) is 0 Å². The second kappa shape index (κ2) is 9.69. The first kappa shape index (κ1) is 26.2. The highest BCUT2D eigenvalue weighted by Gasteiger charge is 2.38. The highest BCUT2D eigenvalue weighted by Crippen LogP contribution is 2.45. The van der Waals surface area contributed by atoms with Crippen molar-refractivity contribution in [3.63, 3.8) is 0 Å². The molecule has 5 rings (SSSR count). The lowest BCUT2D eigenvalue weighted by Gasteiger charge is -2.38. The fourth-order valence-corrected chi connectivity index (χ4v) is 4.76. The number of pyridine rings is 1. The number of fused-ring (bicyclic) bond motifs is 1. The van der Waals surface area contributed by atoms with Crippen molar-refractivity contribution in [2.24, 2.45) is 0 Å². The second-order valence-electron chi connectivity index (χ2n) is 10.4. The van der Waals surface area contributed by atoms with Crippen molar-refractivity contribution in [2.45, 2.75) is 51.4 Å². The summed E-state index contributed by atoms with van der Waals surface area (Å²) in [7, 11) is 0. The average molecular weight is 553 g/mol. The first-order valence-corrected chi connectivity index (χ1v) is 12.8. The molecule has 2 aromatic carbocycles. The Hall–Kier alpha value is -3.46. The van der Waals surface area contributed by atoms with Crippen LogP contribution in [-0.2, 0) is 4.79 Å². The predicted molar refractivity (Wildman–Crippen MR) is 145 cm³/mol. The monoisotopic (exact) mass is 552 g/mol. The molecule has 1 atom stereocenters. The lowest BCUT2D eigenvalue weighted by Crippen LogP contribution is -2.47. The Morgan fingerprint density at radius 1 is 1.05 bits per heavy atom. The van der Waals surface area contributed by atoms with Crippen molar-refractivity contribution in [3.8, 4) is 39.7 Å². The molecular formula is C28H26Cl2N4O4. The molecule has 8 nitrogen and oxygen atoms in total. The summed E-state index contributed by atoms with van der Waals surface area (Å²) in [6.45, 7) is 6.77. The van der Waals surface area contributed by atoms with Crippen molar-refractivity contribution < 1.29 is 19.2 Å². The molecule has 196 valence electrons.